The maximum absolute atomic E-state index is 12.9. The van der Waals surface area contributed by atoms with Crippen LogP contribution in [0.5, 0.6) is 5.75 Å². The molecule has 3 aromatic rings. The molecule has 1 saturated heterocycles. The molecule has 31 heavy (non-hydrogen) atoms. The summed E-state index contributed by atoms with van der Waals surface area (Å²) in [6.07, 6.45) is 3.05. The number of hydrogen-bond acceptors (Lipinski definition) is 7. The molecular weight excluding hydrogens is 422 g/mol. The predicted molar refractivity (Wildman–Crippen MR) is 115 cm³/mol. The maximum Gasteiger partial charge on any atom is 0.389 e. The number of carbonyl (C=O) groups excluding carboxylic acids is 1. The van der Waals surface area contributed by atoms with Crippen molar-refractivity contribution in [2.75, 3.05) is 11.5 Å². The first-order valence-electron chi connectivity index (χ1n) is 9.31. The van der Waals surface area contributed by atoms with Gasteiger partial charge in [0.2, 0.25) is 0 Å². The quantitative estimate of drug-likeness (QED) is 0.258. The number of nitrogens with zero attached hydrogens (tertiary/aromatic N) is 4. The van der Waals surface area contributed by atoms with Crippen molar-refractivity contribution < 1.29 is 18.9 Å². The van der Waals surface area contributed by atoms with Gasteiger partial charge in [-0.05, 0) is 60.5 Å². The van der Waals surface area contributed by atoms with E-state index >= 15 is 0 Å². The smallest absolute Gasteiger partial charge is 0.389 e. The molecule has 3 heterocycles. The summed E-state index contributed by atoms with van der Waals surface area (Å²) in [7, 11) is 0. The molecule has 0 unspecified atom stereocenters. The second kappa shape index (κ2) is 8.40. The average molecular weight is 439 g/mol. The highest BCUT2D eigenvalue weighted by molar-refractivity contribution is 7.80. The van der Waals surface area contributed by atoms with E-state index in [0.29, 0.717) is 29.6 Å². The average Bonchev–Trinajstić information content (AvgIpc) is 3.45. The van der Waals surface area contributed by atoms with Crippen LogP contribution < -0.4 is 15.0 Å². The summed E-state index contributed by atoms with van der Waals surface area (Å²) in [5, 5.41) is 17.7. The van der Waals surface area contributed by atoms with Crippen LogP contribution in [-0.2, 0) is 11.3 Å². The highest BCUT2D eigenvalue weighted by atomic mass is 32.1. The SMILES string of the molecule is CCOc1ccc(N2C(=O)/C(=C\c3ccc(Cn4ccc([N+](=O)[O-])n4)o3)NC2=S)cc1. The summed E-state index contributed by atoms with van der Waals surface area (Å²) in [4.78, 5) is 24.4. The van der Waals surface area contributed by atoms with Gasteiger partial charge in [0.15, 0.2) is 5.11 Å². The molecule has 0 atom stereocenters. The predicted octanol–water partition coefficient (Wildman–Crippen LogP) is 3.09. The zero-order valence-corrected chi connectivity index (χ0v) is 17.2. The zero-order chi connectivity index (χ0) is 22.0. The van der Waals surface area contributed by atoms with Gasteiger partial charge in [0.1, 0.15) is 29.5 Å². The molecule has 10 nitrogen and oxygen atoms in total. The van der Waals surface area contributed by atoms with E-state index in [1.807, 2.05) is 6.92 Å². The van der Waals surface area contributed by atoms with Gasteiger partial charge in [0, 0.05) is 6.08 Å². The number of rotatable bonds is 7. The number of aromatic nitrogens is 2. The molecule has 0 bridgehead atoms. The van der Waals surface area contributed by atoms with Gasteiger partial charge in [-0.2, -0.15) is 4.68 Å². The van der Waals surface area contributed by atoms with Crippen LogP contribution in [0.2, 0.25) is 0 Å². The first-order chi connectivity index (χ1) is 14.9. The topological polar surface area (TPSA) is 116 Å². The Hall–Kier alpha value is -3.99. The molecule has 1 fully saturated rings. The van der Waals surface area contributed by atoms with Gasteiger partial charge in [-0.25, -0.2) is 0 Å². The second-order valence-electron chi connectivity index (χ2n) is 6.49. The normalized spacial score (nSPS) is 14.9. The molecule has 11 heteroatoms. The fraction of sp³-hybridized carbons (Fsp3) is 0.150. The summed E-state index contributed by atoms with van der Waals surface area (Å²) < 4.78 is 12.5. The van der Waals surface area contributed by atoms with Crippen LogP contribution in [0.25, 0.3) is 6.08 Å². The Morgan fingerprint density at radius 3 is 2.71 bits per heavy atom. The monoisotopic (exact) mass is 439 g/mol. The number of furan rings is 1. The van der Waals surface area contributed by atoms with Crippen LogP contribution in [0, 0.1) is 10.1 Å². The summed E-state index contributed by atoms with van der Waals surface area (Å²) in [5.74, 6) is 1.12. The van der Waals surface area contributed by atoms with Gasteiger partial charge in [-0.15, -0.1) is 0 Å². The lowest BCUT2D eigenvalue weighted by atomic mass is 10.2. The lowest BCUT2D eigenvalue weighted by Gasteiger charge is -2.14. The van der Waals surface area contributed by atoms with E-state index < -0.39 is 4.92 Å². The van der Waals surface area contributed by atoms with Gasteiger partial charge < -0.3 is 24.6 Å². The zero-order valence-electron chi connectivity index (χ0n) is 16.3. The Morgan fingerprint density at radius 1 is 1.26 bits per heavy atom. The van der Waals surface area contributed by atoms with E-state index in [9.17, 15) is 14.9 Å². The molecule has 0 aliphatic carbocycles. The Morgan fingerprint density at radius 2 is 2.03 bits per heavy atom. The number of anilines is 1. The molecule has 2 aromatic heterocycles. The number of nitrogens with one attached hydrogen (secondary N) is 1. The Kier molecular flexibility index (Phi) is 5.50. The van der Waals surface area contributed by atoms with Gasteiger partial charge in [-0.3, -0.25) is 9.69 Å². The minimum atomic E-state index is -0.565. The minimum Gasteiger partial charge on any atom is -0.494 e. The molecular formula is C20H17N5O5S. The summed E-state index contributed by atoms with van der Waals surface area (Å²) >= 11 is 5.32. The van der Waals surface area contributed by atoms with Gasteiger partial charge >= 0.3 is 5.82 Å². The van der Waals surface area contributed by atoms with Crippen LogP contribution in [0.3, 0.4) is 0 Å². The second-order valence-corrected chi connectivity index (χ2v) is 6.88. The van der Waals surface area contributed by atoms with Crippen molar-refractivity contribution in [1.29, 1.82) is 0 Å². The van der Waals surface area contributed by atoms with Crippen LogP contribution in [-0.4, -0.2) is 32.3 Å². The Labute approximate surface area is 181 Å². The van der Waals surface area contributed by atoms with Crippen molar-refractivity contribution in [2.45, 2.75) is 13.5 Å². The minimum absolute atomic E-state index is 0.217. The van der Waals surface area contributed by atoms with E-state index in [0.717, 1.165) is 0 Å². The number of benzene rings is 1. The number of hydrogen-bond donors (Lipinski definition) is 1. The fourth-order valence-corrected chi connectivity index (χ4v) is 3.32. The van der Waals surface area contributed by atoms with E-state index in [1.54, 1.807) is 42.5 Å². The molecule has 1 aliphatic heterocycles. The largest absolute Gasteiger partial charge is 0.494 e. The first kappa shape index (κ1) is 20.3. The molecule has 1 amide bonds. The van der Waals surface area contributed by atoms with E-state index in [-0.39, 0.29) is 29.1 Å². The third kappa shape index (κ3) is 4.31. The van der Waals surface area contributed by atoms with Crippen LogP contribution >= 0.6 is 12.2 Å². The van der Waals surface area contributed by atoms with Crippen molar-refractivity contribution in [3.05, 3.63) is 76.0 Å². The molecule has 4 rings (SSSR count). The summed E-state index contributed by atoms with van der Waals surface area (Å²) in [6, 6.07) is 11.8. The molecule has 1 aliphatic rings. The Balaban J connectivity index is 1.48. The van der Waals surface area contributed by atoms with Crippen molar-refractivity contribution in [3.8, 4) is 5.75 Å². The van der Waals surface area contributed by atoms with Crippen LogP contribution in [0.15, 0.2) is 58.8 Å². The molecule has 0 saturated carbocycles. The molecule has 1 N–H and O–H groups in total. The highest BCUT2D eigenvalue weighted by Crippen LogP contribution is 2.25. The number of ether oxygens (including phenoxy) is 1. The Bertz CT molecular complexity index is 1180. The van der Waals surface area contributed by atoms with Crippen molar-refractivity contribution in [2.24, 2.45) is 0 Å². The first-order valence-corrected chi connectivity index (χ1v) is 9.72. The lowest BCUT2D eigenvalue weighted by molar-refractivity contribution is -0.389. The van der Waals surface area contributed by atoms with Gasteiger partial charge in [0.25, 0.3) is 5.91 Å². The van der Waals surface area contributed by atoms with Gasteiger partial charge in [-0.1, -0.05) is 0 Å². The molecule has 1 aromatic carbocycles. The maximum atomic E-state index is 12.9. The standard InChI is InChI=1S/C20H17N5O5S/c1-2-29-14-5-3-13(4-6-14)24-19(26)17(21-20(24)31)11-15-7-8-16(30-15)12-23-10-9-18(22-23)25(27)28/h3-11H,2,12H2,1H3,(H,21,31)/b17-11+. The number of amides is 1. The van der Waals surface area contributed by atoms with Gasteiger partial charge in [0.05, 0.1) is 29.7 Å². The van der Waals surface area contributed by atoms with Crippen molar-refractivity contribution in [3.63, 3.8) is 0 Å². The molecule has 0 spiro atoms. The summed E-state index contributed by atoms with van der Waals surface area (Å²) in [5.41, 5.74) is 0.893. The van der Waals surface area contributed by atoms with Crippen LogP contribution in [0.1, 0.15) is 18.4 Å². The number of nitro groups is 1. The summed E-state index contributed by atoms with van der Waals surface area (Å²) in [6.45, 7) is 2.67. The number of thiocarbonyl (C=S) groups is 1. The third-order valence-corrected chi connectivity index (χ3v) is 4.67. The van der Waals surface area contributed by atoms with E-state index in [1.165, 1.54) is 21.8 Å². The lowest BCUT2D eigenvalue weighted by Crippen LogP contribution is -2.30. The molecule has 0 radical (unpaired) electrons. The van der Waals surface area contributed by atoms with Crippen molar-refractivity contribution >= 4 is 40.8 Å². The number of carbonyl (C=O) groups is 1. The third-order valence-electron chi connectivity index (χ3n) is 4.38. The molecule has 158 valence electrons. The van der Waals surface area contributed by atoms with E-state index in [2.05, 4.69) is 10.4 Å². The van der Waals surface area contributed by atoms with Crippen LogP contribution in [0.4, 0.5) is 11.5 Å². The van der Waals surface area contributed by atoms with Crippen molar-refractivity contribution in [1.82, 2.24) is 15.1 Å². The van der Waals surface area contributed by atoms with E-state index in [4.69, 9.17) is 21.4 Å². The fourth-order valence-electron chi connectivity index (χ4n) is 3.02. The highest BCUT2D eigenvalue weighted by Gasteiger charge is 2.32.